The highest BCUT2D eigenvalue weighted by molar-refractivity contribution is 5.01. The minimum atomic E-state index is 0.144. The van der Waals surface area contributed by atoms with E-state index in [1.54, 1.807) is 0 Å². The van der Waals surface area contributed by atoms with Crippen LogP contribution in [0, 0.1) is 5.41 Å². The largest absolute Gasteiger partial charge is 0.379 e. The van der Waals surface area contributed by atoms with Crippen molar-refractivity contribution in [2.45, 2.75) is 38.3 Å². The summed E-state index contributed by atoms with van der Waals surface area (Å²) in [6.45, 7) is 7.00. The normalized spacial score (nSPS) is 42.2. The Labute approximate surface area is 80.0 Å². The van der Waals surface area contributed by atoms with Crippen molar-refractivity contribution in [2.75, 3.05) is 19.8 Å². The van der Waals surface area contributed by atoms with Crippen LogP contribution in [0.2, 0.25) is 0 Å². The molecular formula is C10H20N2O. The van der Waals surface area contributed by atoms with Gasteiger partial charge in [-0.1, -0.05) is 6.92 Å². The molecule has 2 fully saturated rings. The number of hydrogen-bond donors (Lipinski definition) is 2. The van der Waals surface area contributed by atoms with E-state index in [2.05, 4.69) is 19.2 Å². The summed E-state index contributed by atoms with van der Waals surface area (Å²) in [4.78, 5) is 0. The molecule has 2 aliphatic rings. The third kappa shape index (κ3) is 1.87. The van der Waals surface area contributed by atoms with E-state index in [0.717, 1.165) is 19.8 Å². The van der Waals surface area contributed by atoms with Crippen molar-refractivity contribution in [3.8, 4) is 0 Å². The van der Waals surface area contributed by atoms with Gasteiger partial charge in [-0.05, 0) is 19.8 Å². The first-order valence-corrected chi connectivity index (χ1v) is 5.13. The summed E-state index contributed by atoms with van der Waals surface area (Å²) in [5, 5.41) is 3.59. The van der Waals surface area contributed by atoms with Gasteiger partial charge in [0.05, 0.1) is 13.2 Å². The fraction of sp³-hybridized carbons (Fsp3) is 1.00. The highest BCUT2D eigenvalue weighted by atomic mass is 16.5. The fourth-order valence-corrected chi connectivity index (χ4v) is 1.69. The highest BCUT2D eigenvalue weighted by Crippen LogP contribution is 2.36. The number of nitrogens with two attached hydrogens (primary N) is 1. The second-order valence-corrected chi connectivity index (χ2v) is 5.19. The Balaban J connectivity index is 1.85. The van der Waals surface area contributed by atoms with Crippen molar-refractivity contribution < 1.29 is 4.74 Å². The molecule has 3 heteroatoms. The van der Waals surface area contributed by atoms with E-state index in [4.69, 9.17) is 10.5 Å². The monoisotopic (exact) mass is 184 g/mol. The molecule has 0 aromatic carbocycles. The number of rotatable bonds is 3. The lowest BCUT2D eigenvalue weighted by Crippen LogP contribution is -2.47. The smallest absolute Gasteiger partial charge is 0.0624 e. The van der Waals surface area contributed by atoms with Crippen molar-refractivity contribution in [1.82, 2.24) is 5.32 Å². The first-order valence-electron chi connectivity index (χ1n) is 5.13. The van der Waals surface area contributed by atoms with Crippen molar-refractivity contribution in [1.29, 1.82) is 0 Å². The van der Waals surface area contributed by atoms with Crippen LogP contribution in [0.3, 0.4) is 0 Å². The van der Waals surface area contributed by atoms with Gasteiger partial charge >= 0.3 is 0 Å². The van der Waals surface area contributed by atoms with Gasteiger partial charge in [0, 0.05) is 23.5 Å². The molecule has 0 amide bonds. The van der Waals surface area contributed by atoms with E-state index in [1.165, 1.54) is 12.8 Å². The van der Waals surface area contributed by atoms with Crippen molar-refractivity contribution >= 4 is 0 Å². The molecule has 1 heterocycles. The Morgan fingerprint density at radius 1 is 1.46 bits per heavy atom. The average Bonchev–Trinajstić information content (AvgIpc) is 2.73. The van der Waals surface area contributed by atoms with Crippen molar-refractivity contribution in [3.63, 3.8) is 0 Å². The summed E-state index contributed by atoms with van der Waals surface area (Å²) in [7, 11) is 0. The zero-order valence-electron chi connectivity index (χ0n) is 8.60. The Bertz CT molecular complexity index is 203. The van der Waals surface area contributed by atoms with Crippen molar-refractivity contribution in [2.24, 2.45) is 11.1 Å². The van der Waals surface area contributed by atoms with Gasteiger partial charge in [-0.3, -0.25) is 0 Å². The molecule has 1 aliphatic heterocycles. The fourth-order valence-electron chi connectivity index (χ4n) is 1.69. The number of hydrogen-bond acceptors (Lipinski definition) is 3. The molecule has 3 N–H and O–H groups in total. The molecule has 76 valence electrons. The van der Waals surface area contributed by atoms with Gasteiger partial charge in [0.15, 0.2) is 0 Å². The summed E-state index contributed by atoms with van der Waals surface area (Å²) in [5.74, 6) is 0. The van der Waals surface area contributed by atoms with Gasteiger partial charge in [0.2, 0.25) is 0 Å². The van der Waals surface area contributed by atoms with E-state index < -0.39 is 0 Å². The first kappa shape index (κ1) is 9.44. The third-order valence-electron chi connectivity index (χ3n) is 3.54. The summed E-state index contributed by atoms with van der Waals surface area (Å²) in [6, 6.07) is 0.197. The molecule has 0 spiro atoms. The Morgan fingerprint density at radius 2 is 2.15 bits per heavy atom. The van der Waals surface area contributed by atoms with Crippen LogP contribution in [-0.2, 0) is 4.74 Å². The molecule has 3 nitrogen and oxygen atoms in total. The lowest BCUT2D eigenvalue weighted by Gasteiger charge is -2.29. The standard InChI is InChI=1S/C10H20N2O/c1-9(7-13-5-8(9)11)6-12-10(2)3-4-10/h8,12H,3-7,11H2,1-2H3. The maximum absolute atomic E-state index is 6.00. The lowest BCUT2D eigenvalue weighted by atomic mass is 9.85. The minimum Gasteiger partial charge on any atom is -0.379 e. The maximum atomic E-state index is 6.00. The van der Waals surface area contributed by atoms with Crippen LogP contribution in [0.15, 0.2) is 0 Å². The van der Waals surface area contributed by atoms with E-state index in [0.29, 0.717) is 5.54 Å². The molecule has 13 heavy (non-hydrogen) atoms. The highest BCUT2D eigenvalue weighted by Gasteiger charge is 2.42. The molecule has 0 aromatic heterocycles. The van der Waals surface area contributed by atoms with Gasteiger partial charge < -0.3 is 15.8 Å². The molecule has 1 aliphatic carbocycles. The van der Waals surface area contributed by atoms with Crippen LogP contribution in [-0.4, -0.2) is 31.3 Å². The molecule has 1 saturated carbocycles. The summed E-state index contributed by atoms with van der Waals surface area (Å²) < 4.78 is 5.39. The number of nitrogens with one attached hydrogen (secondary N) is 1. The second-order valence-electron chi connectivity index (χ2n) is 5.19. The molecule has 2 rings (SSSR count). The second kappa shape index (κ2) is 2.94. The average molecular weight is 184 g/mol. The van der Waals surface area contributed by atoms with Gasteiger partial charge in [-0.25, -0.2) is 0 Å². The predicted molar refractivity (Wildman–Crippen MR) is 52.5 cm³/mol. The Morgan fingerprint density at radius 3 is 2.62 bits per heavy atom. The van der Waals surface area contributed by atoms with Gasteiger partial charge in [0.1, 0.15) is 0 Å². The quantitative estimate of drug-likeness (QED) is 0.671. The third-order valence-corrected chi connectivity index (χ3v) is 3.54. The van der Waals surface area contributed by atoms with Crippen LogP contribution in [0.1, 0.15) is 26.7 Å². The van der Waals surface area contributed by atoms with Gasteiger partial charge in [-0.2, -0.15) is 0 Å². The molecule has 2 unspecified atom stereocenters. The summed E-state index contributed by atoms with van der Waals surface area (Å²) >= 11 is 0. The Hall–Kier alpha value is -0.120. The van der Waals surface area contributed by atoms with Crippen molar-refractivity contribution in [3.05, 3.63) is 0 Å². The van der Waals surface area contributed by atoms with E-state index in [1.807, 2.05) is 0 Å². The van der Waals surface area contributed by atoms with Gasteiger partial charge in [0.25, 0.3) is 0 Å². The van der Waals surface area contributed by atoms with E-state index in [-0.39, 0.29) is 11.5 Å². The minimum absolute atomic E-state index is 0.144. The molecule has 2 atom stereocenters. The molecule has 0 bridgehead atoms. The van der Waals surface area contributed by atoms with Crippen LogP contribution >= 0.6 is 0 Å². The first-order chi connectivity index (χ1) is 6.04. The van der Waals surface area contributed by atoms with Crippen LogP contribution in [0.5, 0.6) is 0 Å². The van der Waals surface area contributed by atoms with Crippen LogP contribution in [0.25, 0.3) is 0 Å². The van der Waals surface area contributed by atoms with E-state index in [9.17, 15) is 0 Å². The summed E-state index contributed by atoms with van der Waals surface area (Å²) in [5.41, 5.74) is 6.55. The summed E-state index contributed by atoms with van der Waals surface area (Å²) in [6.07, 6.45) is 2.61. The van der Waals surface area contributed by atoms with E-state index >= 15 is 0 Å². The molecule has 0 radical (unpaired) electrons. The zero-order chi connectivity index (χ0) is 9.53. The van der Waals surface area contributed by atoms with Crippen LogP contribution < -0.4 is 11.1 Å². The zero-order valence-corrected chi connectivity index (χ0v) is 8.60. The van der Waals surface area contributed by atoms with Gasteiger partial charge in [-0.15, -0.1) is 0 Å². The number of ether oxygens (including phenoxy) is 1. The molecule has 1 saturated heterocycles. The maximum Gasteiger partial charge on any atom is 0.0624 e. The van der Waals surface area contributed by atoms with Crippen LogP contribution in [0.4, 0.5) is 0 Å². The topological polar surface area (TPSA) is 47.3 Å². The lowest BCUT2D eigenvalue weighted by molar-refractivity contribution is 0.156. The molecule has 0 aromatic rings. The molecular weight excluding hydrogens is 164 g/mol. The Kier molecular flexibility index (Phi) is 2.13. The SMILES string of the molecule is CC1(NCC2(C)COCC2N)CC1. The predicted octanol–water partition coefficient (Wildman–Crippen LogP) is 0.492.